The highest BCUT2D eigenvalue weighted by molar-refractivity contribution is 8.39. The first-order chi connectivity index (χ1) is 10.6. The molecule has 0 radical (unpaired) electrons. The highest BCUT2D eigenvalue weighted by atomic mass is 32.2. The average Bonchev–Trinajstić information content (AvgIpc) is 2.99. The minimum absolute atomic E-state index is 0.0462. The SMILES string of the molecule is COc1ccc2c(c1C(=O)O)OB(O)[C@@H](SC1=NCCS1)C2. The van der Waals surface area contributed by atoms with Crippen LogP contribution in [0, 0.1) is 0 Å². The summed E-state index contributed by atoms with van der Waals surface area (Å²) in [6.45, 7) is 0.799. The van der Waals surface area contributed by atoms with Crippen molar-refractivity contribution >= 4 is 41.0 Å². The number of carbonyl (C=O) groups is 1. The molecule has 0 spiro atoms. The number of aliphatic imine (C=N–C) groups is 1. The van der Waals surface area contributed by atoms with Crippen molar-refractivity contribution in [1.82, 2.24) is 0 Å². The zero-order chi connectivity index (χ0) is 15.7. The molecular weight excluding hydrogens is 325 g/mol. The molecule has 0 saturated carbocycles. The number of benzene rings is 1. The minimum atomic E-state index is -1.14. The third kappa shape index (κ3) is 2.93. The van der Waals surface area contributed by atoms with E-state index in [2.05, 4.69) is 4.99 Å². The number of carboxylic acids is 1. The van der Waals surface area contributed by atoms with Crippen LogP contribution in [0.25, 0.3) is 0 Å². The first-order valence-electron chi connectivity index (χ1n) is 6.72. The number of aromatic carboxylic acids is 1. The highest BCUT2D eigenvalue weighted by Gasteiger charge is 2.39. The Morgan fingerprint density at radius 2 is 2.41 bits per heavy atom. The topological polar surface area (TPSA) is 88.4 Å². The number of thioether (sulfide) groups is 2. The maximum atomic E-state index is 11.5. The lowest BCUT2D eigenvalue weighted by molar-refractivity contribution is 0.0690. The predicted octanol–water partition coefficient (Wildman–Crippen LogP) is 1.55. The Balaban J connectivity index is 1.89. The largest absolute Gasteiger partial charge is 0.537 e. The van der Waals surface area contributed by atoms with E-state index in [1.54, 1.807) is 23.9 Å². The van der Waals surface area contributed by atoms with Crippen LogP contribution in [0.3, 0.4) is 0 Å². The van der Waals surface area contributed by atoms with Crippen molar-refractivity contribution in [3.63, 3.8) is 0 Å². The molecule has 0 unspecified atom stereocenters. The number of rotatable bonds is 3. The van der Waals surface area contributed by atoms with Gasteiger partial charge in [0.05, 0.1) is 18.8 Å². The van der Waals surface area contributed by atoms with Crippen LogP contribution in [-0.4, -0.2) is 52.2 Å². The maximum absolute atomic E-state index is 11.5. The summed E-state index contributed by atoms with van der Waals surface area (Å²) in [6, 6.07) is 3.40. The second kappa shape index (κ2) is 6.43. The van der Waals surface area contributed by atoms with Gasteiger partial charge in [-0.15, -0.1) is 0 Å². The van der Waals surface area contributed by atoms with Crippen LogP contribution in [0.5, 0.6) is 11.5 Å². The van der Waals surface area contributed by atoms with E-state index >= 15 is 0 Å². The molecule has 0 aliphatic carbocycles. The molecule has 2 aliphatic rings. The second-order valence-electron chi connectivity index (χ2n) is 4.80. The van der Waals surface area contributed by atoms with E-state index in [4.69, 9.17) is 9.39 Å². The number of ether oxygens (including phenoxy) is 1. The van der Waals surface area contributed by atoms with Gasteiger partial charge in [-0.2, -0.15) is 0 Å². The summed E-state index contributed by atoms with van der Waals surface area (Å²) in [6.07, 6.45) is 0.519. The van der Waals surface area contributed by atoms with Crippen molar-refractivity contribution in [1.29, 1.82) is 0 Å². The Hall–Kier alpha value is -1.32. The van der Waals surface area contributed by atoms with Crippen LogP contribution in [0.15, 0.2) is 17.1 Å². The second-order valence-corrected chi connectivity index (χ2v) is 7.37. The lowest BCUT2D eigenvalue weighted by Crippen LogP contribution is -2.41. The normalized spacial score (nSPS) is 20.2. The van der Waals surface area contributed by atoms with Crippen LogP contribution < -0.4 is 9.39 Å². The molecule has 0 saturated heterocycles. The van der Waals surface area contributed by atoms with Crippen molar-refractivity contribution in [3.05, 3.63) is 23.3 Å². The maximum Gasteiger partial charge on any atom is 0.537 e. The predicted molar refractivity (Wildman–Crippen MR) is 88.4 cm³/mol. The summed E-state index contributed by atoms with van der Waals surface area (Å²) in [7, 11) is 0.327. The van der Waals surface area contributed by atoms with Crippen LogP contribution in [0.2, 0.25) is 0 Å². The van der Waals surface area contributed by atoms with Crippen LogP contribution in [-0.2, 0) is 6.42 Å². The third-order valence-electron chi connectivity index (χ3n) is 3.42. The molecular formula is C13H14BNO5S2. The van der Waals surface area contributed by atoms with Crippen molar-refractivity contribution in [3.8, 4) is 11.5 Å². The Labute approximate surface area is 136 Å². The standard InChI is InChI=1S/C13H14BNO5S2/c1-19-8-3-2-7-6-9(22-13-15-4-5-21-13)14(18)20-11(7)10(8)12(16)17/h2-3,9,18H,4-6H2,1H3,(H,16,17)/t9-/m0/s1. The highest BCUT2D eigenvalue weighted by Crippen LogP contribution is 2.39. The van der Waals surface area contributed by atoms with Gasteiger partial charge in [-0.3, -0.25) is 4.99 Å². The Bertz CT molecular complexity index is 639. The number of fused-ring (bicyclic) bond motifs is 1. The van der Waals surface area contributed by atoms with Gasteiger partial charge in [-0.1, -0.05) is 29.6 Å². The molecule has 1 atom stereocenters. The molecule has 3 rings (SSSR count). The quantitative estimate of drug-likeness (QED) is 0.808. The Kier molecular flexibility index (Phi) is 4.55. The molecule has 22 heavy (non-hydrogen) atoms. The zero-order valence-corrected chi connectivity index (χ0v) is 13.4. The first kappa shape index (κ1) is 15.6. The fraction of sp³-hybridized carbons (Fsp3) is 0.385. The molecule has 0 fully saturated rings. The third-order valence-corrected chi connectivity index (χ3v) is 5.86. The van der Waals surface area contributed by atoms with Gasteiger partial charge in [-0.05, 0) is 18.1 Å². The summed E-state index contributed by atoms with van der Waals surface area (Å²) in [5, 5.41) is 19.4. The van der Waals surface area contributed by atoms with E-state index in [0.717, 1.165) is 22.2 Å². The number of nitrogens with zero attached hydrogens (tertiary/aromatic N) is 1. The fourth-order valence-electron chi connectivity index (χ4n) is 2.41. The van der Waals surface area contributed by atoms with Gasteiger partial charge in [0.1, 0.15) is 21.4 Å². The molecule has 116 valence electrons. The number of hydrogen-bond donors (Lipinski definition) is 2. The van der Waals surface area contributed by atoms with Gasteiger partial charge in [0.15, 0.2) is 0 Å². The molecule has 0 amide bonds. The van der Waals surface area contributed by atoms with Gasteiger partial charge >= 0.3 is 13.1 Å². The molecule has 2 N–H and O–H groups in total. The number of hydrogen-bond acceptors (Lipinski definition) is 7. The monoisotopic (exact) mass is 339 g/mol. The van der Waals surface area contributed by atoms with Crippen LogP contribution in [0.4, 0.5) is 0 Å². The fourth-order valence-corrected chi connectivity index (χ4v) is 4.70. The van der Waals surface area contributed by atoms with E-state index in [1.165, 1.54) is 18.9 Å². The molecule has 1 aromatic carbocycles. The van der Waals surface area contributed by atoms with Crippen molar-refractivity contribution < 1.29 is 24.3 Å². The average molecular weight is 339 g/mol. The van der Waals surface area contributed by atoms with E-state index in [0.29, 0.717) is 6.42 Å². The van der Waals surface area contributed by atoms with Crippen molar-refractivity contribution in [2.24, 2.45) is 4.99 Å². The summed E-state index contributed by atoms with van der Waals surface area (Å²) in [5.41, 5.74) is 0.708. The smallest absolute Gasteiger partial charge is 0.534 e. The molecule has 6 nitrogen and oxygen atoms in total. The lowest BCUT2D eigenvalue weighted by atomic mass is 9.77. The van der Waals surface area contributed by atoms with E-state index in [-0.39, 0.29) is 22.2 Å². The van der Waals surface area contributed by atoms with Gasteiger partial charge in [-0.25, -0.2) is 4.79 Å². The van der Waals surface area contributed by atoms with E-state index in [9.17, 15) is 14.9 Å². The summed E-state index contributed by atoms with van der Waals surface area (Å²) >= 11 is 3.15. The lowest BCUT2D eigenvalue weighted by Gasteiger charge is -2.28. The van der Waals surface area contributed by atoms with Gasteiger partial charge < -0.3 is 19.5 Å². The molecule has 9 heteroatoms. The van der Waals surface area contributed by atoms with Gasteiger partial charge in [0.2, 0.25) is 0 Å². The van der Waals surface area contributed by atoms with Crippen LogP contribution >= 0.6 is 23.5 Å². The van der Waals surface area contributed by atoms with Gasteiger partial charge in [0.25, 0.3) is 0 Å². The van der Waals surface area contributed by atoms with Crippen molar-refractivity contribution in [2.45, 2.75) is 11.6 Å². The van der Waals surface area contributed by atoms with E-state index in [1.807, 2.05) is 0 Å². The molecule has 2 aliphatic heterocycles. The summed E-state index contributed by atoms with van der Waals surface area (Å²) in [5.74, 6) is 0.239. The van der Waals surface area contributed by atoms with Crippen molar-refractivity contribution in [2.75, 3.05) is 19.4 Å². The molecule has 0 aromatic heterocycles. The van der Waals surface area contributed by atoms with Gasteiger partial charge in [0, 0.05) is 5.75 Å². The minimum Gasteiger partial charge on any atom is -0.534 e. The van der Waals surface area contributed by atoms with E-state index < -0.39 is 13.1 Å². The molecule has 2 heterocycles. The zero-order valence-electron chi connectivity index (χ0n) is 11.8. The summed E-state index contributed by atoms with van der Waals surface area (Å²) < 4.78 is 11.5. The Morgan fingerprint density at radius 1 is 1.59 bits per heavy atom. The number of carboxylic acid groups (broad SMARTS) is 1. The Morgan fingerprint density at radius 3 is 3.05 bits per heavy atom. The molecule has 0 bridgehead atoms. The first-order valence-corrected chi connectivity index (χ1v) is 8.58. The van der Waals surface area contributed by atoms with Crippen LogP contribution in [0.1, 0.15) is 15.9 Å². The summed E-state index contributed by atoms with van der Waals surface area (Å²) in [4.78, 5) is 15.8. The molecule has 1 aromatic rings. The number of methoxy groups -OCH3 is 1.